The SMILES string of the molecule is O=C(O)c1sc2cccc[n+]2c1-c1ccccc1. The lowest BCUT2D eigenvalue weighted by Gasteiger charge is -1.95. The van der Waals surface area contributed by atoms with Crippen molar-refractivity contribution in [3.05, 3.63) is 59.6 Å². The van der Waals surface area contributed by atoms with Gasteiger partial charge in [0.2, 0.25) is 5.69 Å². The molecule has 0 unspecified atom stereocenters. The van der Waals surface area contributed by atoms with Gasteiger partial charge in [-0.15, -0.1) is 4.40 Å². The molecule has 88 valence electrons. The molecule has 3 nitrogen and oxygen atoms in total. The average molecular weight is 256 g/mol. The van der Waals surface area contributed by atoms with E-state index in [1.165, 1.54) is 11.3 Å². The summed E-state index contributed by atoms with van der Waals surface area (Å²) in [5, 5.41) is 9.33. The lowest BCUT2D eigenvalue weighted by Crippen LogP contribution is -2.21. The number of carboxylic acids is 1. The average Bonchev–Trinajstić information content (AvgIpc) is 2.79. The van der Waals surface area contributed by atoms with Gasteiger partial charge in [0.1, 0.15) is 0 Å². The van der Waals surface area contributed by atoms with Crippen molar-refractivity contribution >= 4 is 22.1 Å². The monoisotopic (exact) mass is 256 g/mol. The Labute approximate surface area is 108 Å². The largest absolute Gasteiger partial charge is 0.477 e. The first-order chi connectivity index (χ1) is 8.77. The number of hydrogen-bond donors (Lipinski definition) is 1. The molecule has 0 atom stereocenters. The van der Waals surface area contributed by atoms with Crippen molar-refractivity contribution in [1.29, 1.82) is 0 Å². The Kier molecular flexibility index (Phi) is 2.57. The highest BCUT2D eigenvalue weighted by molar-refractivity contribution is 7.19. The molecule has 0 aliphatic carbocycles. The van der Waals surface area contributed by atoms with Crippen molar-refractivity contribution in [2.24, 2.45) is 0 Å². The van der Waals surface area contributed by atoms with Crippen LogP contribution in [0.15, 0.2) is 54.7 Å². The zero-order valence-electron chi connectivity index (χ0n) is 9.41. The molecule has 2 heterocycles. The number of carbonyl (C=O) groups is 1. The van der Waals surface area contributed by atoms with Gasteiger partial charge in [-0.25, -0.2) is 4.79 Å². The third-order valence-corrected chi connectivity index (χ3v) is 3.84. The summed E-state index contributed by atoms with van der Waals surface area (Å²) in [6.45, 7) is 0. The number of hydrogen-bond acceptors (Lipinski definition) is 2. The fourth-order valence-corrected chi connectivity index (χ4v) is 2.98. The van der Waals surface area contributed by atoms with Gasteiger partial charge in [-0.05, 0) is 18.2 Å². The number of rotatable bonds is 2. The molecule has 0 saturated heterocycles. The third kappa shape index (κ3) is 1.67. The van der Waals surface area contributed by atoms with Crippen molar-refractivity contribution in [2.75, 3.05) is 0 Å². The first-order valence-corrected chi connectivity index (χ1v) is 6.31. The standard InChI is InChI=1S/C14H9NO2S/c16-14(17)13-12(10-6-2-1-3-7-10)15-9-5-4-8-11(15)18-13/h1-9H/p+1. The van der Waals surface area contributed by atoms with Crippen LogP contribution >= 0.6 is 11.3 Å². The van der Waals surface area contributed by atoms with Crippen LogP contribution in [0.4, 0.5) is 0 Å². The summed E-state index contributed by atoms with van der Waals surface area (Å²) in [4.78, 5) is 12.7. The minimum absolute atomic E-state index is 0.368. The van der Waals surface area contributed by atoms with E-state index in [0.29, 0.717) is 4.88 Å². The highest BCUT2D eigenvalue weighted by Gasteiger charge is 2.26. The summed E-state index contributed by atoms with van der Waals surface area (Å²) >= 11 is 1.29. The predicted octanol–water partition coefficient (Wildman–Crippen LogP) is 2.85. The molecule has 1 aromatic carbocycles. The van der Waals surface area contributed by atoms with E-state index in [2.05, 4.69) is 0 Å². The number of benzene rings is 1. The molecule has 1 N–H and O–H groups in total. The maximum atomic E-state index is 11.4. The summed E-state index contributed by atoms with van der Waals surface area (Å²) in [5.74, 6) is -0.887. The van der Waals surface area contributed by atoms with E-state index in [0.717, 1.165) is 16.1 Å². The van der Waals surface area contributed by atoms with E-state index >= 15 is 0 Å². The van der Waals surface area contributed by atoms with Gasteiger partial charge in [-0.3, -0.25) is 0 Å². The van der Waals surface area contributed by atoms with E-state index in [1.54, 1.807) is 0 Å². The van der Waals surface area contributed by atoms with E-state index in [-0.39, 0.29) is 0 Å². The van der Waals surface area contributed by atoms with Gasteiger partial charge in [-0.2, -0.15) is 0 Å². The smallest absolute Gasteiger partial charge is 0.353 e. The first kappa shape index (κ1) is 10.9. The second-order valence-corrected chi connectivity index (χ2v) is 4.89. The number of carboxylic acid groups (broad SMARTS) is 1. The van der Waals surface area contributed by atoms with Gasteiger partial charge in [0.05, 0.1) is 0 Å². The van der Waals surface area contributed by atoms with E-state index in [4.69, 9.17) is 0 Å². The van der Waals surface area contributed by atoms with Crippen molar-refractivity contribution in [3.63, 3.8) is 0 Å². The van der Waals surface area contributed by atoms with Crippen molar-refractivity contribution < 1.29 is 14.3 Å². The molecular formula is C14H10NO2S+. The highest BCUT2D eigenvalue weighted by atomic mass is 32.1. The van der Waals surface area contributed by atoms with Crippen LogP contribution in [0.25, 0.3) is 16.1 Å². The molecule has 0 bridgehead atoms. The van der Waals surface area contributed by atoms with Gasteiger partial charge in [0.15, 0.2) is 11.1 Å². The van der Waals surface area contributed by atoms with Crippen LogP contribution in [0.3, 0.4) is 0 Å². The second kappa shape index (κ2) is 4.23. The maximum absolute atomic E-state index is 11.4. The maximum Gasteiger partial charge on any atom is 0.353 e. The van der Waals surface area contributed by atoms with Crippen LogP contribution in [0.2, 0.25) is 0 Å². The summed E-state index contributed by atoms with van der Waals surface area (Å²) in [6.07, 6.45) is 1.89. The van der Waals surface area contributed by atoms with Gasteiger partial charge in [0.25, 0.3) is 4.83 Å². The predicted molar refractivity (Wildman–Crippen MR) is 69.9 cm³/mol. The van der Waals surface area contributed by atoms with Crippen molar-refractivity contribution in [3.8, 4) is 11.3 Å². The Balaban J connectivity index is 2.38. The molecule has 4 heteroatoms. The Morgan fingerprint density at radius 1 is 1.06 bits per heavy atom. The highest BCUT2D eigenvalue weighted by Crippen LogP contribution is 2.26. The van der Waals surface area contributed by atoms with Crippen molar-refractivity contribution in [2.45, 2.75) is 0 Å². The number of fused-ring (bicyclic) bond motifs is 1. The van der Waals surface area contributed by atoms with Gasteiger partial charge < -0.3 is 5.11 Å². The fourth-order valence-electron chi connectivity index (χ4n) is 1.97. The Hall–Kier alpha value is -2.20. The van der Waals surface area contributed by atoms with Gasteiger partial charge >= 0.3 is 5.97 Å². The van der Waals surface area contributed by atoms with Crippen LogP contribution in [0.5, 0.6) is 0 Å². The molecule has 0 spiro atoms. The number of nitrogens with zero attached hydrogens (tertiary/aromatic N) is 1. The number of aromatic carboxylic acids is 1. The Morgan fingerprint density at radius 2 is 1.78 bits per heavy atom. The molecule has 0 radical (unpaired) electrons. The topological polar surface area (TPSA) is 41.4 Å². The summed E-state index contributed by atoms with van der Waals surface area (Å²) in [5.41, 5.74) is 1.65. The molecule has 2 aromatic heterocycles. The Morgan fingerprint density at radius 3 is 2.50 bits per heavy atom. The van der Waals surface area contributed by atoms with Crippen LogP contribution in [0, 0.1) is 0 Å². The molecule has 3 rings (SSSR count). The van der Waals surface area contributed by atoms with Crippen LogP contribution in [0.1, 0.15) is 9.67 Å². The van der Waals surface area contributed by atoms with Crippen LogP contribution in [-0.2, 0) is 0 Å². The molecule has 18 heavy (non-hydrogen) atoms. The summed E-state index contributed by atoms with van der Waals surface area (Å²) in [6, 6.07) is 15.3. The third-order valence-electron chi connectivity index (χ3n) is 2.73. The molecule has 0 aliphatic rings. The zero-order chi connectivity index (χ0) is 12.5. The molecular weight excluding hydrogens is 246 g/mol. The lowest BCUT2D eigenvalue weighted by molar-refractivity contribution is -0.495. The fraction of sp³-hybridized carbons (Fsp3) is 0. The quantitative estimate of drug-likeness (QED) is 0.716. The molecule has 0 fully saturated rings. The number of thiazole rings is 1. The van der Waals surface area contributed by atoms with Crippen LogP contribution < -0.4 is 4.40 Å². The summed E-state index contributed by atoms with van der Waals surface area (Å²) in [7, 11) is 0. The van der Waals surface area contributed by atoms with Gasteiger partial charge in [-0.1, -0.05) is 29.5 Å². The van der Waals surface area contributed by atoms with Crippen LogP contribution in [-0.4, -0.2) is 11.1 Å². The Bertz CT molecular complexity index is 719. The summed E-state index contributed by atoms with van der Waals surface area (Å²) < 4.78 is 1.92. The second-order valence-electron chi connectivity index (χ2n) is 3.86. The van der Waals surface area contributed by atoms with Gasteiger partial charge in [0, 0.05) is 17.7 Å². The van der Waals surface area contributed by atoms with E-state index in [1.807, 2.05) is 59.1 Å². The molecule has 0 aliphatic heterocycles. The molecule has 0 amide bonds. The number of pyridine rings is 1. The van der Waals surface area contributed by atoms with Crippen molar-refractivity contribution in [1.82, 2.24) is 0 Å². The number of aromatic nitrogens is 1. The molecule has 0 saturated carbocycles. The van der Waals surface area contributed by atoms with E-state index < -0.39 is 5.97 Å². The molecule has 3 aromatic rings. The zero-order valence-corrected chi connectivity index (χ0v) is 10.2. The minimum Gasteiger partial charge on any atom is -0.477 e. The van der Waals surface area contributed by atoms with E-state index in [9.17, 15) is 9.90 Å². The lowest BCUT2D eigenvalue weighted by atomic mass is 10.1. The normalized spacial score (nSPS) is 10.7. The first-order valence-electron chi connectivity index (χ1n) is 5.49. The minimum atomic E-state index is -0.887.